The Morgan fingerprint density at radius 2 is 1.75 bits per heavy atom. The number of carbonyl (C=O) groups excluding carboxylic acids is 2. The molecule has 0 saturated heterocycles. The number of aliphatic hydroxyl groups excluding tert-OH is 1. The van der Waals surface area contributed by atoms with Crippen LogP contribution in [-0.4, -0.2) is 39.5 Å². The molecule has 0 radical (unpaired) electrons. The maximum atomic E-state index is 13.5. The summed E-state index contributed by atoms with van der Waals surface area (Å²) in [6.07, 6.45) is 2.41. The van der Waals surface area contributed by atoms with Crippen molar-refractivity contribution >= 4 is 39.3 Å². The second-order valence-corrected chi connectivity index (χ2v) is 8.75. The highest BCUT2D eigenvalue weighted by Crippen LogP contribution is 2.27. The van der Waals surface area contributed by atoms with Gasteiger partial charge in [-0.3, -0.25) is 9.59 Å². The van der Waals surface area contributed by atoms with Crippen LogP contribution >= 0.6 is 0 Å². The zero-order chi connectivity index (χ0) is 25.1. The van der Waals surface area contributed by atoms with Crippen LogP contribution in [0.25, 0.3) is 33.1 Å². The first-order valence-electron chi connectivity index (χ1n) is 11.8. The lowest BCUT2D eigenvalue weighted by Crippen LogP contribution is -2.39. The Hall–Kier alpha value is -4.49. The number of nitrogens with one attached hydrogen (secondary N) is 3. The van der Waals surface area contributed by atoms with Gasteiger partial charge in [-0.05, 0) is 42.3 Å². The van der Waals surface area contributed by atoms with E-state index in [-0.39, 0.29) is 18.4 Å². The number of amides is 2. The summed E-state index contributed by atoms with van der Waals surface area (Å²) in [5.74, 6) is -0.448. The van der Waals surface area contributed by atoms with E-state index in [0.717, 1.165) is 27.4 Å². The zero-order valence-electron chi connectivity index (χ0n) is 19.8. The molecule has 180 valence electrons. The lowest BCUT2D eigenvalue weighted by Gasteiger charge is -2.17. The van der Waals surface area contributed by atoms with E-state index < -0.39 is 6.04 Å². The number of aliphatic hydroxyl groups is 1. The third-order valence-corrected chi connectivity index (χ3v) is 6.14. The molecule has 36 heavy (non-hydrogen) atoms. The molecule has 2 heterocycles. The van der Waals surface area contributed by atoms with Gasteiger partial charge in [0.15, 0.2) is 0 Å². The number of carbonyl (C=O) groups is 2. The van der Waals surface area contributed by atoms with E-state index in [4.69, 9.17) is 4.98 Å². The van der Waals surface area contributed by atoms with Crippen LogP contribution in [0.3, 0.4) is 0 Å². The lowest BCUT2D eigenvalue weighted by molar-refractivity contribution is -0.114. The van der Waals surface area contributed by atoms with Crippen LogP contribution in [-0.2, 0) is 11.2 Å². The number of pyridine rings is 1. The molecule has 7 heteroatoms. The summed E-state index contributed by atoms with van der Waals surface area (Å²) in [6, 6.07) is 24.1. The first-order chi connectivity index (χ1) is 17.5. The highest BCUT2D eigenvalue weighted by Gasteiger charge is 2.19. The van der Waals surface area contributed by atoms with Crippen molar-refractivity contribution in [2.24, 2.45) is 0 Å². The fourth-order valence-electron chi connectivity index (χ4n) is 4.46. The van der Waals surface area contributed by atoms with Gasteiger partial charge in [-0.1, -0.05) is 48.5 Å². The number of hydrogen-bond acceptors (Lipinski definition) is 4. The fraction of sp³-hybridized carbons (Fsp3) is 0.138. The first-order valence-corrected chi connectivity index (χ1v) is 11.8. The second-order valence-electron chi connectivity index (χ2n) is 8.75. The molecule has 0 bridgehead atoms. The molecule has 0 aliphatic rings. The molecule has 0 aliphatic heterocycles. The summed E-state index contributed by atoms with van der Waals surface area (Å²) >= 11 is 0. The molecule has 7 nitrogen and oxygen atoms in total. The van der Waals surface area contributed by atoms with Crippen LogP contribution in [0.5, 0.6) is 0 Å². The van der Waals surface area contributed by atoms with Crippen molar-refractivity contribution in [3.8, 4) is 11.3 Å². The van der Waals surface area contributed by atoms with Crippen LogP contribution in [0, 0.1) is 0 Å². The standard InChI is InChI=1S/C29H26N4O3/c1-18(35)31-21-8-6-7-19(13-21)28-15-25(24-10-3-5-12-27(24)33-28)29(36)32-22(17-34)14-20-16-30-26-11-4-2-9-23(20)26/h2-13,15-16,22,30,34H,14,17H2,1H3,(H,31,35)(H,32,36)/t22-/m1/s1. The SMILES string of the molecule is CC(=O)Nc1cccc(-c2cc(C(=O)N[C@@H](CO)Cc3c[nH]c4ccccc34)c3ccccc3n2)c1. The third-order valence-electron chi connectivity index (χ3n) is 6.14. The minimum Gasteiger partial charge on any atom is -0.394 e. The van der Waals surface area contributed by atoms with Crippen molar-refractivity contribution in [3.05, 3.63) is 96.2 Å². The van der Waals surface area contributed by atoms with Gasteiger partial charge in [0.05, 0.1) is 29.4 Å². The normalized spacial score (nSPS) is 11.9. The fourth-order valence-corrected chi connectivity index (χ4v) is 4.46. The molecule has 3 aromatic carbocycles. The van der Waals surface area contributed by atoms with Crippen molar-refractivity contribution in [2.75, 3.05) is 11.9 Å². The molecule has 0 saturated carbocycles. The largest absolute Gasteiger partial charge is 0.394 e. The number of fused-ring (bicyclic) bond motifs is 2. The Labute approximate surface area is 208 Å². The van der Waals surface area contributed by atoms with E-state index in [1.807, 2.05) is 72.9 Å². The molecular weight excluding hydrogens is 452 g/mol. The molecule has 1 atom stereocenters. The molecule has 0 aliphatic carbocycles. The van der Waals surface area contributed by atoms with E-state index in [2.05, 4.69) is 15.6 Å². The predicted molar refractivity (Wildman–Crippen MR) is 142 cm³/mol. The Morgan fingerprint density at radius 3 is 2.56 bits per heavy atom. The number of nitrogens with zero attached hydrogens (tertiary/aromatic N) is 1. The number of rotatable bonds is 7. The van der Waals surface area contributed by atoms with Crippen LogP contribution in [0.15, 0.2) is 85.1 Å². The molecule has 2 aromatic heterocycles. The smallest absolute Gasteiger partial charge is 0.252 e. The van der Waals surface area contributed by atoms with E-state index in [1.165, 1.54) is 6.92 Å². The van der Waals surface area contributed by atoms with Crippen LogP contribution in [0.1, 0.15) is 22.8 Å². The van der Waals surface area contributed by atoms with Gasteiger partial charge in [0, 0.05) is 40.7 Å². The summed E-state index contributed by atoms with van der Waals surface area (Å²) in [5.41, 5.74) is 5.24. The number of hydrogen-bond donors (Lipinski definition) is 4. The summed E-state index contributed by atoms with van der Waals surface area (Å²) < 4.78 is 0. The average Bonchev–Trinajstić information content (AvgIpc) is 3.30. The first kappa shape index (κ1) is 23.3. The van der Waals surface area contributed by atoms with Crippen molar-refractivity contribution in [2.45, 2.75) is 19.4 Å². The van der Waals surface area contributed by atoms with E-state index >= 15 is 0 Å². The summed E-state index contributed by atoms with van der Waals surface area (Å²) in [7, 11) is 0. The van der Waals surface area contributed by atoms with Crippen LogP contribution in [0.2, 0.25) is 0 Å². The second kappa shape index (κ2) is 10.0. The number of para-hydroxylation sites is 2. The van der Waals surface area contributed by atoms with Crippen molar-refractivity contribution in [1.82, 2.24) is 15.3 Å². The molecule has 5 aromatic rings. The molecule has 4 N–H and O–H groups in total. The van der Waals surface area contributed by atoms with E-state index in [1.54, 1.807) is 12.1 Å². The molecule has 5 rings (SSSR count). The Bertz CT molecular complexity index is 1570. The van der Waals surface area contributed by atoms with Crippen molar-refractivity contribution < 1.29 is 14.7 Å². The van der Waals surface area contributed by atoms with Crippen LogP contribution in [0.4, 0.5) is 5.69 Å². The number of aromatic amines is 1. The molecule has 0 fully saturated rings. The Morgan fingerprint density at radius 1 is 0.972 bits per heavy atom. The van der Waals surface area contributed by atoms with Gasteiger partial charge in [0.1, 0.15) is 0 Å². The number of anilines is 1. The maximum Gasteiger partial charge on any atom is 0.252 e. The summed E-state index contributed by atoms with van der Waals surface area (Å²) in [4.78, 5) is 33.0. The highest BCUT2D eigenvalue weighted by atomic mass is 16.3. The molecule has 0 unspecified atom stereocenters. The number of benzene rings is 3. The van der Waals surface area contributed by atoms with Gasteiger partial charge in [0.2, 0.25) is 5.91 Å². The third kappa shape index (κ3) is 4.82. The Kier molecular flexibility index (Phi) is 6.47. The van der Waals surface area contributed by atoms with Gasteiger partial charge < -0.3 is 20.7 Å². The minimum atomic E-state index is -0.463. The number of aromatic nitrogens is 2. The van der Waals surface area contributed by atoms with Gasteiger partial charge in [0.25, 0.3) is 5.91 Å². The average molecular weight is 479 g/mol. The molecule has 2 amide bonds. The van der Waals surface area contributed by atoms with Crippen molar-refractivity contribution in [1.29, 1.82) is 0 Å². The summed E-state index contributed by atoms with van der Waals surface area (Å²) in [5, 5.41) is 17.6. The zero-order valence-corrected chi connectivity index (χ0v) is 19.8. The predicted octanol–water partition coefficient (Wildman–Crippen LogP) is 4.67. The summed E-state index contributed by atoms with van der Waals surface area (Å²) in [6.45, 7) is 1.26. The van der Waals surface area contributed by atoms with Gasteiger partial charge >= 0.3 is 0 Å². The van der Waals surface area contributed by atoms with Gasteiger partial charge in [-0.25, -0.2) is 4.98 Å². The topological polar surface area (TPSA) is 107 Å². The number of H-pyrrole nitrogens is 1. The monoisotopic (exact) mass is 478 g/mol. The van der Waals surface area contributed by atoms with Crippen LogP contribution < -0.4 is 10.6 Å². The van der Waals surface area contributed by atoms with E-state index in [0.29, 0.717) is 28.9 Å². The van der Waals surface area contributed by atoms with E-state index in [9.17, 15) is 14.7 Å². The quantitative estimate of drug-likeness (QED) is 0.273. The molecule has 0 spiro atoms. The Balaban J connectivity index is 1.47. The van der Waals surface area contributed by atoms with Gasteiger partial charge in [-0.15, -0.1) is 0 Å². The lowest BCUT2D eigenvalue weighted by atomic mass is 10.0. The molecular formula is C29H26N4O3. The minimum absolute atomic E-state index is 0.163. The van der Waals surface area contributed by atoms with Gasteiger partial charge in [-0.2, -0.15) is 0 Å². The highest BCUT2D eigenvalue weighted by molar-refractivity contribution is 6.07. The van der Waals surface area contributed by atoms with Crippen molar-refractivity contribution in [3.63, 3.8) is 0 Å². The maximum absolute atomic E-state index is 13.5.